The third-order valence-corrected chi connectivity index (χ3v) is 8.34. The standard InChI is InChI=1S/C27H42N8O7SSi/c1-25(2,3)40-22(38)27(7,8)42-33-19(16-14-43-23(29-16)31-24(39)41-26(4,5)6)21(37)30-18-15(28-20(18)36)12-35-13-17(32-34-35)44(9,10)11/h13-15,18H,12H2,1-11H3,(H,28,36)(H,30,37)(H,29,31,39)/t15-,18+/m1/s1. The van der Waals surface area contributed by atoms with Crippen LogP contribution in [0.25, 0.3) is 0 Å². The lowest BCUT2D eigenvalue weighted by Gasteiger charge is -2.36. The van der Waals surface area contributed by atoms with Gasteiger partial charge in [-0.05, 0) is 55.4 Å². The van der Waals surface area contributed by atoms with E-state index in [0.29, 0.717) is 0 Å². The summed E-state index contributed by atoms with van der Waals surface area (Å²) in [5.74, 6) is -1.89. The number of nitrogens with zero attached hydrogens (tertiary/aromatic N) is 5. The van der Waals surface area contributed by atoms with Crippen LogP contribution >= 0.6 is 11.3 Å². The molecule has 1 fully saturated rings. The Morgan fingerprint density at radius 3 is 2.25 bits per heavy atom. The van der Waals surface area contributed by atoms with Crippen LogP contribution in [0.4, 0.5) is 9.93 Å². The molecule has 0 spiro atoms. The van der Waals surface area contributed by atoms with Gasteiger partial charge >= 0.3 is 12.1 Å². The smallest absolute Gasteiger partial charge is 0.413 e. The van der Waals surface area contributed by atoms with Gasteiger partial charge in [0.2, 0.25) is 11.5 Å². The number of hydrogen-bond acceptors (Lipinski definition) is 12. The molecule has 2 aromatic rings. The average Bonchev–Trinajstić information content (AvgIpc) is 3.50. The Labute approximate surface area is 261 Å². The second-order valence-corrected chi connectivity index (χ2v) is 19.7. The molecule has 3 heterocycles. The van der Waals surface area contributed by atoms with Gasteiger partial charge in [-0.25, -0.2) is 14.6 Å². The van der Waals surface area contributed by atoms with Crippen LogP contribution in [0.3, 0.4) is 0 Å². The first-order chi connectivity index (χ1) is 20.0. The summed E-state index contributed by atoms with van der Waals surface area (Å²) in [6.45, 7) is 19.9. The maximum atomic E-state index is 13.6. The van der Waals surface area contributed by atoms with Gasteiger partial charge in [0.25, 0.3) is 5.91 Å². The third kappa shape index (κ3) is 9.57. The van der Waals surface area contributed by atoms with Crippen LogP contribution < -0.4 is 21.3 Å². The van der Waals surface area contributed by atoms with Gasteiger partial charge in [-0.15, -0.1) is 16.4 Å². The van der Waals surface area contributed by atoms with Gasteiger partial charge in [0.1, 0.15) is 31.0 Å². The number of nitrogens with one attached hydrogen (secondary N) is 3. The monoisotopic (exact) mass is 650 g/mol. The van der Waals surface area contributed by atoms with E-state index in [4.69, 9.17) is 14.3 Å². The van der Waals surface area contributed by atoms with Crippen LogP contribution in [0.15, 0.2) is 16.7 Å². The Kier molecular flexibility index (Phi) is 9.94. The maximum absolute atomic E-state index is 13.6. The number of hydrogen-bond donors (Lipinski definition) is 3. The number of carbonyl (C=O) groups excluding carboxylic acids is 4. The molecule has 0 radical (unpaired) electrons. The largest absolute Gasteiger partial charge is 0.457 e. The quantitative estimate of drug-likeness (QED) is 0.113. The van der Waals surface area contributed by atoms with E-state index in [1.807, 2.05) is 6.20 Å². The van der Waals surface area contributed by atoms with Crippen molar-refractivity contribution in [1.82, 2.24) is 30.6 Å². The Morgan fingerprint density at radius 1 is 1.07 bits per heavy atom. The first-order valence-corrected chi connectivity index (χ1v) is 18.4. The fourth-order valence-electron chi connectivity index (χ4n) is 3.54. The number of carbonyl (C=O) groups is 4. The molecule has 2 atom stereocenters. The minimum absolute atomic E-state index is 0.0332. The van der Waals surface area contributed by atoms with Crippen molar-refractivity contribution in [3.63, 3.8) is 0 Å². The molecule has 1 aliphatic rings. The summed E-state index contributed by atoms with van der Waals surface area (Å²) >= 11 is 1.02. The van der Waals surface area contributed by atoms with E-state index in [-0.39, 0.29) is 23.1 Å². The lowest BCUT2D eigenvalue weighted by molar-refractivity contribution is -0.179. The SMILES string of the molecule is CC(C)(C)OC(=O)Nc1nc(C(=NOC(C)(C)C(=O)OC(C)(C)C)C(=O)N[C@@H]2C(=O)N[C@@H]2Cn2cc([Si](C)(C)C)nn2)cs1. The number of β-lactam (4-membered cyclic amide) rings is 1. The van der Waals surface area contributed by atoms with Crippen LogP contribution in [-0.2, 0) is 35.2 Å². The highest BCUT2D eigenvalue weighted by Gasteiger charge is 2.42. The lowest BCUT2D eigenvalue weighted by atomic mass is 9.98. The highest BCUT2D eigenvalue weighted by Crippen LogP contribution is 2.21. The van der Waals surface area contributed by atoms with Crippen LogP contribution in [0.2, 0.25) is 19.6 Å². The molecular weight excluding hydrogens is 608 g/mol. The number of anilines is 1. The van der Waals surface area contributed by atoms with Crippen LogP contribution in [0.1, 0.15) is 61.1 Å². The minimum atomic E-state index is -1.69. The van der Waals surface area contributed by atoms with Crippen molar-refractivity contribution in [2.75, 3.05) is 5.32 Å². The van der Waals surface area contributed by atoms with Crippen molar-refractivity contribution in [2.45, 2.75) is 110 Å². The van der Waals surface area contributed by atoms with Crippen molar-refractivity contribution in [3.8, 4) is 0 Å². The van der Waals surface area contributed by atoms with E-state index in [1.54, 1.807) is 46.2 Å². The fraction of sp³-hybridized carbons (Fsp3) is 0.630. The van der Waals surface area contributed by atoms with Gasteiger partial charge in [-0.1, -0.05) is 30.0 Å². The molecule has 3 rings (SSSR count). The summed E-state index contributed by atoms with van der Waals surface area (Å²) in [6, 6.07) is -1.38. The van der Waals surface area contributed by atoms with E-state index in [0.717, 1.165) is 16.7 Å². The third-order valence-electron chi connectivity index (χ3n) is 5.82. The molecule has 15 nitrogen and oxygen atoms in total. The topological polar surface area (TPSA) is 188 Å². The number of ether oxygens (including phenoxy) is 2. The van der Waals surface area contributed by atoms with Gasteiger partial charge in [0.15, 0.2) is 10.8 Å². The van der Waals surface area contributed by atoms with E-state index in [2.05, 4.69) is 56.0 Å². The van der Waals surface area contributed by atoms with Crippen molar-refractivity contribution >= 4 is 59.4 Å². The molecule has 0 bridgehead atoms. The Balaban J connectivity index is 1.83. The Morgan fingerprint density at radius 2 is 1.70 bits per heavy atom. The second-order valence-electron chi connectivity index (χ2n) is 13.9. The number of thiazole rings is 1. The van der Waals surface area contributed by atoms with Gasteiger partial charge in [0.05, 0.1) is 17.9 Å². The number of esters is 1. The zero-order valence-corrected chi connectivity index (χ0v) is 28.8. The molecule has 0 aromatic carbocycles. The molecular formula is C27H42N8O7SSi. The van der Waals surface area contributed by atoms with E-state index in [1.165, 1.54) is 19.2 Å². The zero-order chi connectivity index (χ0) is 33.3. The molecule has 0 unspecified atom stereocenters. The predicted octanol–water partition coefficient (Wildman–Crippen LogP) is 2.15. The van der Waals surface area contributed by atoms with Crippen molar-refractivity contribution < 1.29 is 33.5 Å². The first-order valence-electron chi connectivity index (χ1n) is 14.0. The number of aromatic nitrogens is 4. The predicted molar refractivity (Wildman–Crippen MR) is 166 cm³/mol. The van der Waals surface area contributed by atoms with Crippen LogP contribution in [0, 0.1) is 0 Å². The average molecular weight is 651 g/mol. The van der Waals surface area contributed by atoms with Gasteiger partial charge in [0, 0.05) is 11.6 Å². The number of amides is 3. The van der Waals surface area contributed by atoms with E-state index in [9.17, 15) is 19.2 Å². The number of rotatable bonds is 10. The van der Waals surface area contributed by atoms with E-state index < -0.39 is 60.8 Å². The van der Waals surface area contributed by atoms with Crippen molar-refractivity contribution in [3.05, 3.63) is 17.3 Å². The molecule has 17 heteroatoms. The zero-order valence-electron chi connectivity index (χ0n) is 27.0. The summed E-state index contributed by atoms with van der Waals surface area (Å²) in [4.78, 5) is 60.9. The lowest BCUT2D eigenvalue weighted by Crippen LogP contribution is -2.70. The Bertz CT molecular complexity index is 1430. The maximum Gasteiger partial charge on any atom is 0.413 e. The van der Waals surface area contributed by atoms with Gasteiger partial charge in [-0.2, -0.15) is 0 Å². The highest BCUT2D eigenvalue weighted by atomic mass is 32.1. The van der Waals surface area contributed by atoms with E-state index >= 15 is 0 Å². The first kappa shape index (κ1) is 34.6. The molecule has 2 aromatic heterocycles. The van der Waals surface area contributed by atoms with Gasteiger partial charge < -0.3 is 24.9 Å². The summed E-state index contributed by atoms with van der Waals surface area (Å²) in [6.07, 6.45) is 1.12. The molecule has 0 aliphatic carbocycles. The number of oxime groups is 1. The normalized spacial score (nSPS) is 17.7. The second kappa shape index (κ2) is 12.6. The van der Waals surface area contributed by atoms with Crippen molar-refractivity contribution in [1.29, 1.82) is 0 Å². The Hall–Kier alpha value is -3.86. The molecule has 1 saturated heterocycles. The molecule has 3 N–H and O–H groups in total. The van der Waals surface area contributed by atoms with Crippen molar-refractivity contribution in [2.24, 2.45) is 5.16 Å². The highest BCUT2D eigenvalue weighted by molar-refractivity contribution is 7.14. The van der Waals surface area contributed by atoms with Gasteiger partial charge in [-0.3, -0.25) is 19.6 Å². The minimum Gasteiger partial charge on any atom is -0.457 e. The van der Waals surface area contributed by atoms with Crippen LogP contribution in [0.5, 0.6) is 0 Å². The summed E-state index contributed by atoms with van der Waals surface area (Å²) in [5.41, 5.74) is -3.39. The summed E-state index contributed by atoms with van der Waals surface area (Å²) < 4.78 is 12.3. The van der Waals surface area contributed by atoms with Crippen LogP contribution in [-0.4, -0.2) is 86.5 Å². The molecule has 0 saturated carbocycles. The fourth-order valence-corrected chi connectivity index (χ4v) is 5.10. The summed E-state index contributed by atoms with van der Waals surface area (Å²) in [7, 11) is -1.69. The molecule has 1 aliphatic heterocycles. The molecule has 44 heavy (non-hydrogen) atoms. The summed E-state index contributed by atoms with van der Waals surface area (Å²) in [5, 5.41) is 22.9. The molecule has 242 valence electrons. The molecule has 3 amide bonds.